The van der Waals surface area contributed by atoms with E-state index in [1.54, 1.807) is 0 Å². The monoisotopic (exact) mass is 1110 g/mol. The van der Waals surface area contributed by atoms with Gasteiger partial charge in [0.2, 0.25) is 0 Å². The molecule has 5 nitrogen and oxygen atoms in total. The van der Waals surface area contributed by atoms with Gasteiger partial charge in [0.15, 0.2) is 0 Å². The largest absolute Gasteiger partial charge is 0.458 e. The Labute approximate surface area is 500 Å². The molecule has 0 aliphatic carbocycles. The molecule has 0 amide bonds. The van der Waals surface area contributed by atoms with E-state index in [4.69, 9.17) is 13.6 Å². The van der Waals surface area contributed by atoms with Gasteiger partial charge in [-0.05, 0) is 138 Å². The first-order chi connectivity index (χ1) is 41.9. The molecule has 0 bridgehead atoms. The minimum atomic E-state index is -0.196. The molecular weight excluding hydrogens is 1050 g/mol. The fourth-order valence-electron chi connectivity index (χ4n) is 14.0. The highest BCUT2D eigenvalue weighted by Crippen LogP contribution is 2.51. The van der Waals surface area contributed by atoms with Crippen LogP contribution in [0.25, 0.3) is 116 Å². The lowest BCUT2D eigenvalue weighted by Gasteiger charge is -2.42. The molecule has 0 N–H and O–H groups in total. The highest BCUT2D eigenvalue weighted by Gasteiger charge is 2.44. The Kier molecular flexibility index (Phi) is 10.9. The summed E-state index contributed by atoms with van der Waals surface area (Å²) in [6, 6.07) is 91.7. The van der Waals surface area contributed by atoms with Crippen LogP contribution in [-0.4, -0.2) is 11.3 Å². The summed E-state index contributed by atoms with van der Waals surface area (Å²) in [5, 5.41) is 6.79. The highest BCUT2D eigenvalue weighted by atomic mass is 16.5. The lowest BCUT2D eigenvalue weighted by molar-refractivity contribution is 0.487. The van der Waals surface area contributed by atoms with Gasteiger partial charge in [0.25, 0.3) is 6.71 Å². The van der Waals surface area contributed by atoms with Crippen LogP contribution in [0.1, 0.15) is 52.7 Å². The van der Waals surface area contributed by atoms with Gasteiger partial charge in [0, 0.05) is 60.9 Å². The topological polar surface area (TPSA) is 43.7 Å². The third-order valence-corrected chi connectivity index (χ3v) is 18.4. The van der Waals surface area contributed by atoms with Crippen LogP contribution in [0.15, 0.2) is 258 Å². The van der Waals surface area contributed by atoms with Gasteiger partial charge in [-0.25, -0.2) is 0 Å². The van der Waals surface area contributed by atoms with E-state index in [-0.39, 0.29) is 17.5 Å². The normalized spacial score (nSPS) is 13.0. The zero-order valence-corrected chi connectivity index (χ0v) is 48.9. The molecule has 0 saturated carbocycles. The van der Waals surface area contributed by atoms with E-state index >= 15 is 0 Å². The minimum Gasteiger partial charge on any atom is -0.458 e. The quantitative estimate of drug-likeness (QED) is 0.156. The number of nitrogens with zero attached hydrogens (tertiary/aromatic N) is 2. The fraction of sp³-hybridized carbons (Fsp3) is 0.100. The molecule has 0 unspecified atom stereocenters. The molecule has 3 aromatic heterocycles. The Morgan fingerprint density at radius 2 is 0.791 bits per heavy atom. The Hall–Kier alpha value is -10.3. The van der Waals surface area contributed by atoms with Crippen molar-refractivity contribution in [2.75, 3.05) is 4.90 Å². The summed E-state index contributed by atoms with van der Waals surface area (Å²) in [5.41, 5.74) is 24.9. The van der Waals surface area contributed by atoms with Gasteiger partial charge < -0.3 is 23.0 Å². The van der Waals surface area contributed by atoms with Gasteiger partial charge in [-0.15, -0.1) is 0 Å². The second-order valence-corrected chi connectivity index (χ2v) is 25.6. The fourth-order valence-corrected chi connectivity index (χ4v) is 14.0. The maximum absolute atomic E-state index is 7.61. The van der Waals surface area contributed by atoms with Gasteiger partial charge >= 0.3 is 0 Å². The van der Waals surface area contributed by atoms with E-state index in [9.17, 15) is 0 Å². The van der Waals surface area contributed by atoms with Crippen LogP contribution in [0.4, 0.5) is 17.1 Å². The van der Waals surface area contributed by atoms with Crippen LogP contribution in [0, 0.1) is 0 Å². The third-order valence-electron chi connectivity index (χ3n) is 18.4. The van der Waals surface area contributed by atoms with Crippen molar-refractivity contribution in [2.24, 2.45) is 0 Å². The zero-order chi connectivity index (χ0) is 57.7. The molecule has 86 heavy (non-hydrogen) atoms. The molecule has 0 radical (unpaired) electrons. The van der Waals surface area contributed by atoms with Crippen LogP contribution < -0.4 is 26.0 Å². The number of hydrogen-bond donors (Lipinski definition) is 0. The number of para-hydroxylation sites is 5. The predicted molar refractivity (Wildman–Crippen MR) is 360 cm³/mol. The van der Waals surface area contributed by atoms with Crippen molar-refractivity contribution >= 4 is 106 Å². The number of benzene rings is 12. The second kappa shape index (κ2) is 18.6. The van der Waals surface area contributed by atoms with E-state index in [2.05, 4.69) is 282 Å². The van der Waals surface area contributed by atoms with Crippen LogP contribution in [0.5, 0.6) is 11.5 Å². The van der Waals surface area contributed by atoms with Gasteiger partial charge in [0.05, 0.1) is 22.4 Å². The summed E-state index contributed by atoms with van der Waals surface area (Å²) >= 11 is 0. The van der Waals surface area contributed by atoms with Crippen molar-refractivity contribution in [3.8, 4) is 61.7 Å². The molecule has 410 valence electrons. The van der Waals surface area contributed by atoms with Gasteiger partial charge in [-0.1, -0.05) is 217 Å². The van der Waals surface area contributed by atoms with Gasteiger partial charge in [0.1, 0.15) is 33.8 Å². The Balaban J connectivity index is 0.968. The number of hydrogen-bond acceptors (Lipinski definition) is 4. The first-order valence-electron chi connectivity index (χ1n) is 30.0. The lowest BCUT2D eigenvalue weighted by Crippen LogP contribution is -2.59. The van der Waals surface area contributed by atoms with Crippen LogP contribution in [0.2, 0.25) is 0 Å². The Morgan fingerprint density at radius 3 is 1.34 bits per heavy atom. The minimum absolute atomic E-state index is 0.0212. The summed E-state index contributed by atoms with van der Waals surface area (Å²) < 4.78 is 22.8. The maximum atomic E-state index is 7.61. The van der Waals surface area contributed by atoms with E-state index in [1.807, 2.05) is 18.2 Å². The van der Waals surface area contributed by atoms with E-state index in [0.717, 1.165) is 145 Å². The van der Waals surface area contributed by atoms with Crippen molar-refractivity contribution in [3.05, 3.63) is 260 Å². The maximum Gasteiger partial charge on any atom is 0.256 e. The van der Waals surface area contributed by atoms with E-state index in [1.165, 1.54) is 27.4 Å². The SMILES string of the molecule is CC(C)(C)c1ccc(-c2cccc(-c3ccc(C(C)(C)C)cc3)c2N2c3cc(-c4ccc5oc6ccccc6c5c4)ccc3B3c4ccc(-c5ccc6oc7ccccc7c6c5)cc4Oc4cc(-n5c6ccccc6c6ccccc65)cc2c43)cc1. The number of anilines is 3. The summed E-state index contributed by atoms with van der Waals surface area (Å²) in [6.45, 7) is 13.5. The van der Waals surface area contributed by atoms with Crippen molar-refractivity contribution in [1.82, 2.24) is 4.57 Å². The number of furan rings is 2. The molecule has 2 aliphatic rings. The molecule has 15 aromatic rings. The second-order valence-electron chi connectivity index (χ2n) is 25.6. The number of ether oxygens (including phenoxy) is 1. The standard InChI is InChI=1S/C80H59BN2O3/c1-79(2,3)54-34-26-48(27-35-54)57-20-15-21-58(49-28-36-55(37-29-49)80(4,5)6)78(57)83-69-44-52(50-32-40-73-63(42-50)61-18-9-13-24-71(61)84-73)30-38-65(69)81-66-39-31-53(51-33-41-74-64(43-51)62-19-10-14-25-72(62)85-74)45-75(66)86-76-47-56(46-70(83)77(76)81)82-67-22-11-7-16-59(67)60-17-8-12-23-68(60)82/h7-47H,1-6H3. The molecule has 12 aromatic carbocycles. The summed E-state index contributed by atoms with van der Waals surface area (Å²) in [4.78, 5) is 2.60. The van der Waals surface area contributed by atoms with Crippen molar-refractivity contribution in [1.29, 1.82) is 0 Å². The number of aromatic nitrogens is 1. The van der Waals surface area contributed by atoms with Crippen LogP contribution in [0.3, 0.4) is 0 Å². The highest BCUT2D eigenvalue weighted by molar-refractivity contribution is 6.99. The van der Waals surface area contributed by atoms with E-state index < -0.39 is 0 Å². The molecule has 0 saturated heterocycles. The molecule has 0 atom stereocenters. The summed E-state index contributed by atoms with van der Waals surface area (Å²) in [5.74, 6) is 1.66. The van der Waals surface area contributed by atoms with Crippen LogP contribution >= 0.6 is 0 Å². The van der Waals surface area contributed by atoms with Gasteiger partial charge in [-0.2, -0.15) is 0 Å². The van der Waals surface area contributed by atoms with Gasteiger partial charge in [-0.3, -0.25) is 0 Å². The molecule has 17 rings (SSSR count). The molecular formula is C80H59BN2O3. The zero-order valence-electron chi connectivity index (χ0n) is 48.9. The summed E-state index contributed by atoms with van der Waals surface area (Å²) in [7, 11) is 0. The molecule has 2 aliphatic heterocycles. The molecule has 0 spiro atoms. The summed E-state index contributed by atoms with van der Waals surface area (Å²) in [6.07, 6.45) is 0. The first-order valence-corrected chi connectivity index (χ1v) is 30.0. The smallest absolute Gasteiger partial charge is 0.256 e. The van der Waals surface area contributed by atoms with Crippen molar-refractivity contribution < 1.29 is 13.6 Å². The first kappa shape index (κ1) is 50.2. The average Bonchev–Trinajstić information content (AvgIpc) is 0.991. The van der Waals surface area contributed by atoms with Crippen LogP contribution in [-0.2, 0) is 10.8 Å². The Bertz CT molecular complexity index is 5170. The van der Waals surface area contributed by atoms with Crippen molar-refractivity contribution in [3.63, 3.8) is 0 Å². The lowest BCUT2D eigenvalue weighted by atomic mass is 9.34. The van der Waals surface area contributed by atoms with Crippen molar-refractivity contribution in [2.45, 2.75) is 52.4 Å². The number of rotatable bonds is 6. The van der Waals surface area contributed by atoms with E-state index in [0.29, 0.717) is 0 Å². The number of fused-ring (bicyclic) bond motifs is 13. The third kappa shape index (κ3) is 7.79. The predicted octanol–water partition coefficient (Wildman–Crippen LogP) is 20.3. The Morgan fingerprint density at radius 1 is 0.337 bits per heavy atom. The molecule has 5 heterocycles. The molecule has 0 fully saturated rings. The average molecular weight is 1110 g/mol. The molecule has 6 heteroatoms.